The maximum atomic E-state index is 12.9. The van der Waals surface area contributed by atoms with Gasteiger partial charge in [0.15, 0.2) is 0 Å². The molecule has 0 spiro atoms. The van der Waals surface area contributed by atoms with E-state index in [4.69, 9.17) is 14.2 Å². The van der Waals surface area contributed by atoms with Crippen LogP contribution < -0.4 is 19.7 Å². The number of carbonyl (C=O) groups is 2. The van der Waals surface area contributed by atoms with E-state index in [9.17, 15) is 9.59 Å². The van der Waals surface area contributed by atoms with Crippen molar-refractivity contribution in [3.05, 3.63) is 12.1 Å². The number of carbonyl (C=O) groups excluding carboxylic acids is 2. The van der Waals surface area contributed by atoms with Crippen molar-refractivity contribution in [3.8, 4) is 11.5 Å². The average Bonchev–Trinajstić information content (AvgIpc) is 2.76. The second-order valence-electron chi connectivity index (χ2n) is 7.55. The zero-order chi connectivity index (χ0) is 21.5. The summed E-state index contributed by atoms with van der Waals surface area (Å²) in [5.41, 5.74) is 1.58. The summed E-state index contributed by atoms with van der Waals surface area (Å²) in [5, 5.41) is 3.05. The predicted molar refractivity (Wildman–Crippen MR) is 115 cm³/mol. The molecule has 2 fully saturated rings. The third-order valence-electron chi connectivity index (χ3n) is 5.58. The van der Waals surface area contributed by atoms with Gasteiger partial charge in [0.25, 0.3) is 0 Å². The largest absolute Gasteiger partial charge is 0.492 e. The summed E-state index contributed by atoms with van der Waals surface area (Å²) in [6.07, 6.45) is 1.33. The van der Waals surface area contributed by atoms with E-state index in [-0.39, 0.29) is 17.7 Å². The normalized spacial score (nSPS) is 17.6. The SMILES string of the molecule is CCOc1cc(N2CCOCC2)c(OCC)cc1NC(=O)C1CCN(C(C)=O)CC1. The van der Waals surface area contributed by atoms with Crippen LogP contribution in [0.25, 0.3) is 0 Å². The van der Waals surface area contributed by atoms with Crippen molar-refractivity contribution in [2.45, 2.75) is 33.6 Å². The Morgan fingerprint density at radius 2 is 1.67 bits per heavy atom. The van der Waals surface area contributed by atoms with Crippen molar-refractivity contribution in [1.29, 1.82) is 0 Å². The third kappa shape index (κ3) is 5.36. The number of nitrogens with one attached hydrogen (secondary N) is 1. The molecule has 8 nitrogen and oxygen atoms in total. The maximum absolute atomic E-state index is 12.9. The van der Waals surface area contributed by atoms with Gasteiger partial charge >= 0.3 is 0 Å². The Hall–Kier alpha value is -2.48. The molecule has 0 radical (unpaired) electrons. The molecule has 3 rings (SSSR count). The van der Waals surface area contributed by atoms with Crippen molar-refractivity contribution in [2.75, 3.05) is 62.8 Å². The number of likely N-dealkylation sites (tertiary alicyclic amines) is 1. The molecule has 0 unspecified atom stereocenters. The van der Waals surface area contributed by atoms with Crippen molar-refractivity contribution in [2.24, 2.45) is 5.92 Å². The molecule has 2 saturated heterocycles. The Morgan fingerprint density at radius 1 is 1.03 bits per heavy atom. The van der Waals surface area contributed by atoms with Crippen LogP contribution in [0.15, 0.2) is 12.1 Å². The zero-order valence-electron chi connectivity index (χ0n) is 18.2. The van der Waals surface area contributed by atoms with Crippen LogP contribution in [0, 0.1) is 5.92 Å². The predicted octanol–water partition coefficient (Wildman–Crippen LogP) is 2.52. The van der Waals surface area contributed by atoms with Gasteiger partial charge in [-0.15, -0.1) is 0 Å². The lowest BCUT2D eigenvalue weighted by Crippen LogP contribution is -2.40. The molecule has 2 heterocycles. The monoisotopic (exact) mass is 419 g/mol. The quantitative estimate of drug-likeness (QED) is 0.732. The first-order chi connectivity index (χ1) is 14.5. The molecular weight excluding hydrogens is 386 g/mol. The van der Waals surface area contributed by atoms with Crippen LogP contribution in [-0.2, 0) is 14.3 Å². The summed E-state index contributed by atoms with van der Waals surface area (Å²) in [7, 11) is 0. The van der Waals surface area contributed by atoms with Gasteiger partial charge in [-0.25, -0.2) is 0 Å². The smallest absolute Gasteiger partial charge is 0.227 e. The molecular formula is C22H33N3O5. The molecule has 0 aliphatic carbocycles. The van der Waals surface area contributed by atoms with Crippen LogP contribution in [0.1, 0.15) is 33.6 Å². The highest BCUT2D eigenvalue weighted by atomic mass is 16.5. The first kappa shape index (κ1) is 22.2. The molecule has 1 aromatic carbocycles. The number of piperidine rings is 1. The number of benzene rings is 1. The number of hydrogen-bond acceptors (Lipinski definition) is 6. The third-order valence-corrected chi connectivity index (χ3v) is 5.58. The number of anilines is 2. The van der Waals surface area contributed by atoms with E-state index >= 15 is 0 Å². The van der Waals surface area contributed by atoms with Gasteiger partial charge in [0.05, 0.1) is 37.8 Å². The summed E-state index contributed by atoms with van der Waals surface area (Å²) in [4.78, 5) is 28.5. The van der Waals surface area contributed by atoms with Crippen LogP contribution in [-0.4, -0.2) is 69.3 Å². The molecule has 1 aromatic rings. The lowest BCUT2D eigenvalue weighted by atomic mass is 9.95. The lowest BCUT2D eigenvalue weighted by Gasteiger charge is -2.32. The highest BCUT2D eigenvalue weighted by Crippen LogP contribution is 2.39. The fourth-order valence-electron chi connectivity index (χ4n) is 3.94. The summed E-state index contributed by atoms with van der Waals surface area (Å²) in [6, 6.07) is 3.82. The van der Waals surface area contributed by atoms with Crippen molar-refractivity contribution < 1.29 is 23.8 Å². The van der Waals surface area contributed by atoms with E-state index in [1.54, 1.807) is 11.8 Å². The van der Waals surface area contributed by atoms with Gasteiger partial charge in [-0.05, 0) is 26.7 Å². The molecule has 30 heavy (non-hydrogen) atoms. The Labute approximate surface area is 178 Å². The summed E-state index contributed by atoms with van der Waals surface area (Å²) < 4.78 is 17.2. The summed E-state index contributed by atoms with van der Waals surface area (Å²) >= 11 is 0. The molecule has 8 heteroatoms. The van der Waals surface area contributed by atoms with E-state index < -0.39 is 0 Å². The van der Waals surface area contributed by atoms with Gasteiger partial charge in [0.1, 0.15) is 11.5 Å². The average molecular weight is 420 g/mol. The minimum Gasteiger partial charge on any atom is -0.492 e. The van der Waals surface area contributed by atoms with Gasteiger partial charge in [0.2, 0.25) is 11.8 Å². The maximum Gasteiger partial charge on any atom is 0.227 e. The minimum atomic E-state index is -0.121. The van der Waals surface area contributed by atoms with Crippen LogP contribution in [0.4, 0.5) is 11.4 Å². The number of rotatable bonds is 7. The lowest BCUT2D eigenvalue weighted by molar-refractivity contribution is -0.132. The van der Waals surface area contributed by atoms with E-state index in [2.05, 4.69) is 10.2 Å². The van der Waals surface area contributed by atoms with Gasteiger partial charge in [-0.3, -0.25) is 9.59 Å². The highest BCUT2D eigenvalue weighted by molar-refractivity contribution is 5.95. The number of morpholine rings is 1. The first-order valence-electron chi connectivity index (χ1n) is 10.9. The van der Waals surface area contributed by atoms with Gasteiger partial charge in [0, 0.05) is 51.2 Å². The number of nitrogens with zero attached hydrogens (tertiary/aromatic N) is 2. The first-order valence-corrected chi connectivity index (χ1v) is 10.9. The molecule has 2 aliphatic rings. The van der Waals surface area contributed by atoms with Crippen molar-refractivity contribution in [1.82, 2.24) is 4.90 Å². The van der Waals surface area contributed by atoms with Crippen molar-refractivity contribution >= 4 is 23.2 Å². The molecule has 0 bridgehead atoms. The molecule has 0 atom stereocenters. The minimum absolute atomic E-state index is 0.0410. The van der Waals surface area contributed by atoms with Crippen LogP contribution in [0.5, 0.6) is 11.5 Å². The standard InChI is InChI=1S/C22H33N3O5/c1-4-29-20-15-19(25-10-12-28-13-11-25)21(30-5-2)14-18(20)23-22(27)17-6-8-24(9-7-17)16(3)26/h14-15,17H,4-13H2,1-3H3,(H,23,27). The van der Waals surface area contributed by atoms with Crippen LogP contribution in [0.2, 0.25) is 0 Å². The van der Waals surface area contributed by atoms with E-state index in [1.165, 1.54) is 0 Å². The summed E-state index contributed by atoms with van der Waals surface area (Å²) in [6.45, 7) is 10.6. The molecule has 1 N–H and O–H groups in total. The van der Waals surface area contributed by atoms with Crippen LogP contribution >= 0.6 is 0 Å². The Morgan fingerprint density at radius 3 is 2.27 bits per heavy atom. The van der Waals surface area contributed by atoms with Gasteiger partial charge in [-0.1, -0.05) is 0 Å². The molecule has 0 saturated carbocycles. The fourth-order valence-corrected chi connectivity index (χ4v) is 3.94. The molecule has 2 aliphatic heterocycles. The van der Waals surface area contributed by atoms with E-state index in [1.807, 2.05) is 26.0 Å². The number of hydrogen-bond donors (Lipinski definition) is 1. The molecule has 0 aromatic heterocycles. The number of amides is 2. The Balaban J connectivity index is 1.79. The second kappa shape index (κ2) is 10.5. The van der Waals surface area contributed by atoms with Crippen LogP contribution in [0.3, 0.4) is 0 Å². The van der Waals surface area contributed by atoms with E-state index in [0.717, 1.165) is 24.5 Å². The summed E-state index contributed by atoms with van der Waals surface area (Å²) in [5.74, 6) is 1.26. The van der Waals surface area contributed by atoms with Gasteiger partial charge < -0.3 is 29.3 Å². The zero-order valence-corrected chi connectivity index (χ0v) is 18.2. The van der Waals surface area contributed by atoms with Gasteiger partial charge in [-0.2, -0.15) is 0 Å². The Bertz CT molecular complexity index is 741. The van der Waals surface area contributed by atoms with Crippen molar-refractivity contribution in [3.63, 3.8) is 0 Å². The topological polar surface area (TPSA) is 80.3 Å². The Kier molecular flexibility index (Phi) is 7.79. The molecule has 2 amide bonds. The number of ether oxygens (including phenoxy) is 3. The fraction of sp³-hybridized carbons (Fsp3) is 0.636. The second-order valence-corrected chi connectivity index (χ2v) is 7.55. The highest BCUT2D eigenvalue weighted by Gasteiger charge is 2.27. The molecule has 166 valence electrons. The van der Waals surface area contributed by atoms with E-state index in [0.29, 0.717) is 63.8 Å².